The smallest absolute Gasteiger partial charge is 0.337 e. The Kier molecular flexibility index (Phi) is 8.61. The van der Waals surface area contributed by atoms with Crippen LogP contribution in [0.2, 0.25) is 10.0 Å². The van der Waals surface area contributed by atoms with E-state index in [4.69, 9.17) is 27.9 Å². The maximum Gasteiger partial charge on any atom is 0.337 e. The maximum absolute atomic E-state index is 13.1. The molecule has 0 fully saturated rings. The first-order chi connectivity index (χ1) is 16.8. The monoisotopic (exact) mass is 571 g/mol. The summed E-state index contributed by atoms with van der Waals surface area (Å²) in [4.78, 5) is 29.2. The van der Waals surface area contributed by atoms with Crippen molar-refractivity contribution in [2.45, 2.75) is 0 Å². The fourth-order valence-corrected chi connectivity index (χ4v) is 3.79. The third kappa shape index (κ3) is 5.64. The summed E-state index contributed by atoms with van der Waals surface area (Å²) >= 11 is 12.2. The van der Waals surface area contributed by atoms with Crippen LogP contribution in [0.3, 0.4) is 0 Å². The van der Waals surface area contributed by atoms with Gasteiger partial charge in [-0.3, -0.25) is 9.79 Å². The van der Waals surface area contributed by atoms with Gasteiger partial charge in [-0.25, -0.2) is 4.79 Å². The van der Waals surface area contributed by atoms with Crippen LogP contribution in [-0.4, -0.2) is 35.4 Å². The molecule has 1 radical (unpaired) electrons. The molecule has 0 unspecified atom stereocenters. The fraction of sp³-hybridized carbons (Fsp3) is 0.0385. The van der Waals surface area contributed by atoms with Crippen LogP contribution in [0.15, 0.2) is 71.7 Å². The van der Waals surface area contributed by atoms with Crippen LogP contribution < -0.4 is 5.32 Å². The molecule has 7 nitrogen and oxygen atoms in total. The molecule has 0 aliphatic carbocycles. The molecule has 0 atom stereocenters. The first-order valence-corrected chi connectivity index (χ1v) is 11.0. The number of ether oxygens (including phenoxy) is 1. The van der Waals surface area contributed by atoms with E-state index in [1.807, 2.05) is 0 Å². The number of methoxy groups -OCH3 is 1. The number of amides is 1. The molecule has 0 aliphatic rings. The van der Waals surface area contributed by atoms with Gasteiger partial charge in [0.25, 0.3) is 5.91 Å². The first-order valence-electron chi connectivity index (χ1n) is 10.2. The molecule has 4 aromatic carbocycles. The Hall–Kier alpha value is -3.55. The molecule has 1 amide bonds. The van der Waals surface area contributed by atoms with E-state index in [0.717, 1.165) is 0 Å². The van der Waals surface area contributed by atoms with Gasteiger partial charge in [-0.2, -0.15) is 0 Å². The van der Waals surface area contributed by atoms with Crippen LogP contribution in [0.1, 0.15) is 26.3 Å². The Bertz CT molecular complexity index is 1510. The molecule has 0 bridgehead atoms. The van der Waals surface area contributed by atoms with Crippen molar-refractivity contribution >= 4 is 63.4 Å². The van der Waals surface area contributed by atoms with Crippen molar-refractivity contribution in [1.82, 2.24) is 0 Å². The zero-order valence-corrected chi connectivity index (χ0v) is 21.0. The molecule has 10 heteroatoms. The SMILES string of the molecule is COC(=O)c1ccc(O)c(N=Cc2c(O)c(C(=O)Nc3cc(Cl)ccc3Cl)cc3ccccc23)c1.[Cu]. The normalized spacial score (nSPS) is 10.8. The molecule has 0 aliphatic heterocycles. The second-order valence-electron chi connectivity index (χ2n) is 7.44. The van der Waals surface area contributed by atoms with E-state index in [1.165, 1.54) is 37.6 Å². The number of fused-ring (bicyclic) bond motifs is 1. The zero-order valence-electron chi connectivity index (χ0n) is 18.6. The number of anilines is 1. The van der Waals surface area contributed by atoms with Gasteiger partial charge in [-0.05, 0) is 53.2 Å². The number of aliphatic imine (C=N–C) groups is 1. The van der Waals surface area contributed by atoms with Crippen LogP contribution in [0.4, 0.5) is 11.4 Å². The largest absolute Gasteiger partial charge is 0.506 e. The summed E-state index contributed by atoms with van der Waals surface area (Å²) in [6.07, 6.45) is 1.32. The van der Waals surface area contributed by atoms with Gasteiger partial charge >= 0.3 is 5.97 Å². The summed E-state index contributed by atoms with van der Waals surface area (Å²) in [5.41, 5.74) is 0.786. The molecule has 0 saturated heterocycles. The van der Waals surface area contributed by atoms with Gasteiger partial charge < -0.3 is 20.3 Å². The number of carbonyl (C=O) groups is 2. The van der Waals surface area contributed by atoms with E-state index in [9.17, 15) is 19.8 Å². The number of esters is 1. The van der Waals surface area contributed by atoms with Gasteiger partial charge in [0.1, 0.15) is 17.2 Å². The Morgan fingerprint density at radius 1 is 1.00 bits per heavy atom. The summed E-state index contributed by atoms with van der Waals surface area (Å²) in [6.45, 7) is 0. The number of phenolic OH excluding ortho intramolecular Hbond substituents is 2. The third-order valence-electron chi connectivity index (χ3n) is 5.21. The van der Waals surface area contributed by atoms with E-state index < -0.39 is 11.9 Å². The van der Waals surface area contributed by atoms with Crippen molar-refractivity contribution in [3.05, 3.63) is 93.5 Å². The second kappa shape index (κ2) is 11.5. The van der Waals surface area contributed by atoms with Gasteiger partial charge in [-0.15, -0.1) is 0 Å². The number of benzene rings is 4. The van der Waals surface area contributed by atoms with E-state index in [-0.39, 0.29) is 61.7 Å². The van der Waals surface area contributed by atoms with Crippen LogP contribution >= 0.6 is 23.2 Å². The number of hydrogen-bond donors (Lipinski definition) is 3. The molecule has 0 spiro atoms. The van der Waals surface area contributed by atoms with Gasteiger partial charge in [0.2, 0.25) is 0 Å². The van der Waals surface area contributed by atoms with Gasteiger partial charge in [0.05, 0.1) is 28.9 Å². The van der Waals surface area contributed by atoms with Crippen LogP contribution in [-0.2, 0) is 21.8 Å². The van der Waals surface area contributed by atoms with Gasteiger partial charge in [0.15, 0.2) is 0 Å². The molecule has 36 heavy (non-hydrogen) atoms. The van der Waals surface area contributed by atoms with Crippen LogP contribution in [0.25, 0.3) is 10.8 Å². The Morgan fingerprint density at radius 2 is 1.75 bits per heavy atom. The topological polar surface area (TPSA) is 108 Å². The third-order valence-corrected chi connectivity index (χ3v) is 5.78. The van der Waals surface area contributed by atoms with E-state index in [1.54, 1.807) is 42.5 Å². The minimum Gasteiger partial charge on any atom is -0.506 e. The number of phenols is 2. The predicted octanol–water partition coefficient (Wildman–Crippen LogP) is 6.34. The van der Waals surface area contributed by atoms with Crippen molar-refractivity contribution in [3.8, 4) is 11.5 Å². The van der Waals surface area contributed by atoms with Gasteiger partial charge in [0, 0.05) is 33.9 Å². The predicted molar refractivity (Wildman–Crippen MR) is 137 cm³/mol. The molecule has 4 aromatic rings. The molecule has 0 heterocycles. The summed E-state index contributed by atoms with van der Waals surface area (Å²) in [5.74, 6) is -1.70. The number of halogens is 2. The second-order valence-corrected chi connectivity index (χ2v) is 8.28. The van der Waals surface area contributed by atoms with Gasteiger partial charge in [-0.1, -0.05) is 47.5 Å². The first kappa shape index (κ1) is 27.0. The molecule has 0 saturated carbocycles. The average molecular weight is 573 g/mol. The molecule has 4 rings (SSSR count). The number of carbonyl (C=O) groups excluding carboxylic acids is 2. The quantitative estimate of drug-likeness (QED) is 0.147. The maximum atomic E-state index is 13.1. The molecule has 187 valence electrons. The Balaban J connectivity index is 0.00000361. The summed E-state index contributed by atoms with van der Waals surface area (Å²) in [6, 6.07) is 17.4. The molecule has 3 N–H and O–H groups in total. The zero-order chi connectivity index (χ0) is 25.1. The molecular formula is C26H18Cl2CuN2O5. The van der Waals surface area contributed by atoms with Crippen LogP contribution in [0, 0.1) is 0 Å². The van der Waals surface area contributed by atoms with Crippen molar-refractivity contribution < 1.29 is 41.6 Å². The van der Waals surface area contributed by atoms with Crippen molar-refractivity contribution in [1.29, 1.82) is 0 Å². The Morgan fingerprint density at radius 3 is 2.50 bits per heavy atom. The van der Waals surface area contributed by atoms with E-state index in [2.05, 4.69) is 10.3 Å². The van der Waals surface area contributed by atoms with E-state index >= 15 is 0 Å². The number of rotatable bonds is 5. The summed E-state index contributed by atoms with van der Waals surface area (Å²) in [5, 5.41) is 25.8. The number of aromatic hydroxyl groups is 2. The number of nitrogens with zero attached hydrogens (tertiary/aromatic N) is 1. The van der Waals surface area contributed by atoms with Crippen LogP contribution in [0.5, 0.6) is 11.5 Å². The molecule has 0 aromatic heterocycles. The average Bonchev–Trinajstić information content (AvgIpc) is 2.85. The van der Waals surface area contributed by atoms with Crippen molar-refractivity contribution in [3.63, 3.8) is 0 Å². The van der Waals surface area contributed by atoms with Crippen molar-refractivity contribution in [2.24, 2.45) is 4.99 Å². The fourth-order valence-electron chi connectivity index (χ4n) is 3.46. The van der Waals surface area contributed by atoms with E-state index in [0.29, 0.717) is 15.8 Å². The number of hydrogen-bond acceptors (Lipinski definition) is 6. The molecular weight excluding hydrogens is 555 g/mol. The minimum atomic E-state index is -0.609. The number of nitrogens with one attached hydrogen (secondary N) is 1. The minimum absolute atomic E-state index is 0. The van der Waals surface area contributed by atoms with Crippen molar-refractivity contribution in [2.75, 3.05) is 12.4 Å². The summed E-state index contributed by atoms with van der Waals surface area (Å²) < 4.78 is 4.70. The standard InChI is InChI=1S/C26H18Cl2N2O5.Cu/c1-35-26(34)15-6-9-23(31)22(11-15)29-13-19-17-5-3-2-4-14(17)10-18(24(19)32)25(33)30-21-12-16(27)7-8-20(21)28;/h2-13,31-32H,1H3,(H,30,33);. The Labute approximate surface area is 226 Å². The summed E-state index contributed by atoms with van der Waals surface area (Å²) in [7, 11) is 1.25.